The van der Waals surface area contributed by atoms with Gasteiger partial charge in [0.2, 0.25) is 0 Å². The molecule has 11 heteroatoms. The molecule has 0 aliphatic rings. The molecule has 2 aromatic carbocycles. The lowest BCUT2D eigenvalue weighted by Gasteiger charge is -2.08. The van der Waals surface area contributed by atoms with E-state index in [1.54, 1.807) is 24.3 Å². The lowest BCUT2D eigenvalue weighted by atomic mass is 10.2. The van der Waals surface area contributed by atoms with Gasteiger partial charge in [0.05, 0.1) is 18.5 Å². The van der Waals surface area contributed by atoms with Crippen molar-refractivity contribution in [3.63, 3.8) is 0 Å². The summed E-state index contributed by atoms with van der Waals surface area (Å²) in [4.78, 5) is 36.3. The Bertz CT molecular complexity index is 1150. The quantitative estimate of drug-likeness (QED) is 0.545. The standard InChI is InChI=1S/C21H18ClFN4O5/c1-12-18(19(22)27(26-12)15-7-3-13(23)4-8-15)20(29)32-11-17(28)25-21(30)24-14-5-9-16(31-2)10-6-14/h3-10H,11H2,1-2H3,(H2,24,25,28,30). The monoisotopic (exact) mass is 460 g/mol. The zero-order valence-corrected chi connectivity index (χ0v) is 17.8. The summed E-state index contributed by atoms with van der Waals surface area (Å²) >= 11 is 6.24. The van der Waals surface area contributed by atoms with Crippen LogP contribution in [0.2, 0.25) is 5.15 Å². The van der Waals surface area contributed by atoms with Gasteiger partial charge < -0.3 is 14.8 Å². The molecule has 32 heavy (non-hydrogen) atoms. The van der Waals surface area contributed by atoms with Gasteiger partial charge in [0.15, 0.2) is 6.61 Å². The Morgan fingerprint density at radius 3 is 2.38 bits per heavy atom. The van der Waals surface area contributed by atoms with Crippen molar-refractivity contribution in [1.29, 1.82) is 0 Å². The first-order chi connectivity index (χ1) is 15.3. The number of halogens is 2. The number of carbonyl (C=O) groups is 3. The molecular weight excluding hydrogens is 443 g/mol. The molecule has 0 spiro atoms. The van der Waals surface area contributed by atoms with Gasteiger partial charge in [0, 0.05) is 5.69 Å². The molecule has 1 heterocycles. The van der Waals surface area contributed by atoms with Gasteiger partial charge in [-0.3, -0.25) is 10.1 Å². The van der Waals surface area contributed by atoms with Crippen LogP contribution in [-0.4, -0.2) is 41.4 Å². The van der Waals surface area contributed by atoms with Crippen LogP contribution in [0.3, 0.4) is 0 Å². The van der Waals surface area contributed by atoms with Gasteiger partial charge in [-0.05, 0) is 55.5 Å². The second-order valence-corrected chi connectivity index (χ2v) is 6.80. The molecule has 166 valence electrons. The van der Waals surface area contributed by atoms with Gasteiger partial charge in [-0.15, -0.1) is 0 Å². The molecule has 0 radical (unpaired) electrons. The zero-order chi connectivity index (χ0) is 23.3. The lowest BCUT2D eigenvalue weighted by molar-refractivity contribution is -0.123. The molecule has 0 fully saturated rings. The van der Waals surface area contributed by atoms with Crippen molar-refractivity contribution in [3.8, 4) is 11.4 Å². The molecular formula is C21H18ClFN4O5. The maximum atomic E-state index is 13.1. The highest BCUT2D eigenvalue weighted by molar-refractivity contribution is 6.33. The topological polar surface area (TPSA) is 112 Å². The third-order valence-corrected chi connectivity index (χ3v) is 4.56. The summed E-state index contributed by atoms with van der Waals surface area (Å²) in [5, 5.41) is 8.60. The number of anilines is 1. The Balaban J connectivity index is 1.57. The molecule has 0 aliphatic heterocycles. The average Bonchev–Trinajstić information content (AvgIpc) is 3.07. The molecule has 0 unspecified atom stereocenters. The second-order valence-electron chi connectivity index (χ2n) is 6.45. The predicted molar refractivity (Wildman–Crippen MR) is 114 cm³/mol. The molecule has 0 saturated carbocycles. The summed E-state index contributed by atoms with van der Waals surface area (Å²) in [6.45, 7) is 0.817. The van der Waals surface area contributed by atoms with E-state index in [2.05, 4.69) is 10.4 Å². The van der Waals surface area contributed by atoms with E-state index in [1.807, 2.05) is 5.32 Å². The van der Waals surface area contributed by atoms with E-state index in [4.69, 9.17) is 21.1 Å². The fourth-order valence-corrected chi connectivity index (χ4v) is 3.04. The van der Waals surface area contributed by atoms with E-state index in [0.29, 0.717) is 17.1 Å². The molecule has 9 nitrogen and oxygen atoms in total. The second kappa shape index (κ2) is 9.92. The first-order valence-electron chi connectivity index (χ1n) is 9.21. The number of ether oxygens (including phenoxy) is 2. The summed E-state index contributed by atoms with van der Waals surface area (Å²) in [5.74, 6) is -1.57. The highest BCUT2D eigenvalue weighted by Crippen LogP contribution is 2.24. The number of methoxy groups -OCH3 is 1. The van der Waals surface area contributed by atoms with Crippen LogP contribution in [0.5, 0.6) is 5.75 Å². The highest BCUT2D eigenvalue weighted by Gasteiger charge is 2.23. The number of benzene rings is 2. The van der Waals surface area contributed by atoms with Crippen molar-refractivity contribution in [3.05, 3.63) is 70.8 Å². The van der Waals surface area contributed by atoms with Crippen LogP contribution in [0.1, 0.15) is 16.1 Å². The van der Waals surface area contributed by atoms with Crippen molar-refractivity contribution >= 4 is 35.2 Å². The number of rotatable bonds is 6. The van der Waals surface area contributed by atoms with Gasteiger partial charge in [0.25, 0.3) is 5.91 Å². The van der Waals surface area contributed by atoms with Crippen molar-refractivity contribution < 1.29 is 28.2 Å². The fourth-order valence-electron chi connectivity index (χ4n) is 2.69. The number of imide groups is 1. The third kappa shape index (κ3) is 5.41. The lowest BCUT2D eigenvalue weighted by Crippen LogP contribution is -2.37. The van der Waals surface area contributed by atoms with E-state index >= 15 is 0 Å². The summed E-state index contributed by atoms with van der Waals surface area (Å²) in [6, 6.07) is 11.0. The number of aryl methyl sites for hydroxylation is 1. The van der Waals surface area contributed by atoms with Gasteiger partial charge in [-0.1, -0.05) is 11.6 Å². The minimum atomic E-state index is -0.897. The molecule has 2 N–H and O–H groups in total. The van der Waals surface area contributed by atoms with Crippen molar-refractivity contribution in [1.82, 2.24) is 15.1 Å². The number of nitrogens with one attached hydrogen (secondary N) is 2. The minimum Gasteiger partial charge on any atom is -0.497 e. The maximum Gasteiger partial charge on any atom is 0.343 e. The molecule has 3 aromatic rings. The van der Waals surface area contributed by atoms with E-state index < -0.39 is 30.3 Å². The maximum absolute atomic E-state index is 13.1. The molecule has 3 amide bonds. The first kappa shape index (κ1) is 22.8. The average molecular weight is 461 g/mol. The van der Waals surface area contributed by atoms with E-state index in [1.165, 1.54) is 43.0 Å². The molecule has 0 bridgehead atoms. The van der Waals surface area contributed by atoms with E-state index in [0.717, 1.165) is 0 Å². The number of hydrogen-bond acceptors (Lipinski definition) is 6. The molecule has 0 aliphatic carbocycles. The van der Waals surface area contributed by atoms with Crippen molar-refractivity contribution in [2.24, 2.45) is 0 Å². The summed E-state index contributed by atoms with van der Waals surface area (Å²) in [6.07, 6.45) is 0. The van der Waals surface area contributed by atoms with E-state index in [-0.39, 0.29) is 16.4 Å². The van der Waals surface area contributed by atoms with Gasteiger partial charge in [-0.25, -0.2) is 18.7 Å². The molecule has 0 atom stereocenters. The number of carbonyl (C=O) groups excluding carboxylic acids is 3. The number of nitrogens with zero attached hydrogens (tertiary/aromatic N) is 2. The van der Waals surface area contributed by atoms with Crippen molar-refractivity contribution in [2.75, 3.05) is 19.0 Å². The minimum absolute atomic E-state index is 0.0496. The van der Waals surface area contributed by atoms with Crippen LogP contribution in [0, 0.1) is 12.7 Å². The fraction of sp³-hybridized carbons (Fsp3) is 0.143. The zero-order valence-electron chi connectivity index (χ0n) is 17.0. The molecule has 0 saturated heterocycles. The third-order valence-electron chi connectivity index (χ3n) is 4.21. The highest BCUT2D eigenvalue weighted by atomic mass is 35.5. The van der Waals surface area contributed by atoms with Gasteiger partial charge >= 0.3 is 12.0 Å². The van der Waals surface area contributed by atoms with Crippen LogP contribution >= 0.6 is 11.6 Å². The Labute approximate surface area is 187 Å². The number of hydrogen-bond donors (Lipinski definition) is 2. The number of esters is 1. The van der Waals surface area contributed by atoms with Crippen molar-refractivity contribution in [2.45, 2.75) is 6.92 Å². The molecule has 3 rings (SSSR count). The van der Waals surface area contributed by atoms with Crippen LogP contribution in [0.15, 0.2) is 48.5 Å². The Morgan fingerprint density at radius 1 is 1.09 bits per heavy atom. The van der Waals surface area contributed by atoms with Crippen LogP contribution in [0.4, 0.5) is 14.9 Å². The Morgan fingerprint density at radius 2 is 1.75 bits per heavy atom. The van der Waals surface area contributed by atoms with Crippen LogP contribution in [0.25, 0.3) is 5.69 Å². The first-order valence-corrected chi connectivity index (χ1v) is 9.59. The summed E-state index contributed by atoms with van der Waals surface area (Å²) < 4.78 is 24.3. The number of urea groups is 1. The van der Waals surface area contributed by atoms with E-state index in [9.17, 15) is 18.8 Å². The SMILES string of the molecule is COc1ccc(NC(=O)NC(=O)COC(=O)c2c(C)nn(-c3ccc(F)cc3)c2Cl)cc1. The summed E-state index contributed by atoms with van der Waals surface area (Å²) in [5.41, 5.74) is 1.07. The Kier molecular flexibility index (Phi) is 7.06. The van der Waals surface area contributed by atoms with Crippen LogP contribution in [-0.2, 0) is 9.53 Å². The summed E-state index contributed by atoms with van der Waals surface area (Å²) in [7, 11) is 1.51. The van der Waals surface area contributed by atoms with Gasteiger partial charge in [0.1, 0.15) is 22.3 Å². The van der Waals surface area contributed by atoms with Crippen LogP contribution < -0.4 is 15.4 Å². The predicted octanol–water partition coefficient (Wildman–Crippen LogP) is 3.49. The molecule has 1 aromatic heterocycles. The number of amides is 3. The van der Waals surface area contributed by atoms with Gasteiger partial charge in [-0.2, -0.15) is 5.10 Å². The Hall–Kier alpha value is -3.92. The smallest absolute Gasteiger partial charge is 0.343 e. The number of aromatic nitrogens is 2. The normalized spacial score (nSPS) is 10.4. The largest absolute Gasteiger partial charge is 0.497 e.